The number of amides is 2. The van der Waals surface area contributed by atoms with E-state index in [2.05, 4.69) is 17.6 Å². The van der Waals surface area contributed by atoms with Crippen LogP contribution < -0.4 is 15.4 Å². The van der Waals surface area contributed by atoms with Crippen LogP contribution in [0, 0.1) is 0 Å². The monoisotopic (exact) mass is 338 g/mol. The molecule has 130 valence electrons. The maximum Gasteiger partial charge on any atom is 0.265 e. The first-order chi connectivity index (χ1) is 12.1. The molecule has 1 aliphatic rings. The second-order valence-electron chi connectivity index (χ2n) is 6.20. The van der Waals surface area contributed by atoms with E-state index in [9.17, 15) is 9.59 Å². The molecule has 1 heterocycles. The molecule has 0 aromatic heterocycles. The smallest absolute Gasteiger partial charge is 0.265 e. The molecule has 2 N–H and O–H groups in total. The van der Waals surface area contributed by atoms with Crippen molar-refractivity contribution < 1.29 is 14.3 Å². The van der Waals surface area contributed by atoms with Crippen LogP contribution in [0.25, 0.3) is 0 Å². The number of hydrogen-bond acceptors (Lipinski definition) is 3. The van der Waals surface area contributed by atoms with Gasteiger partial charge >= 0.3 is 0 Å². The Bertz CT molecular complexity index is 774. The van der Waals surface area contributed by atoms with Gasteiger partial charge in [-0.1, -0.05) is 43.7 Å². The quantitative estimate of drug-likeness (QED) is 0.868. The first-order valence-electron chi connectivity index (χ1n) is 8.56. The lowest BCUT2D eigenvalue weighted by Crippen LogP contribution is -2.34. The third-order valence-electron chi connectivity index (χ3n) is 4.27. The molecule has 3 rings (SSSR count). The van der Waals surface area contributed by atoms with Crippen LogP contribution in [0.2, 0.25) is 0 Å². The van der Waals surface area contributed by atoms with Gasteiger partial charge in [0.1, 0.15) is 5.75 Å². The van der Waals surface area contributed by atoms with Gasteiger partial charge in [-0.25, -0.2) is 0 Å². The molecule has 0 radical (unpaired) electrons. The summed E-state index contributed by atoms with van der Waals surface area (Å²) in [7, 11) is 0. The summed E-state index contributed by atoms with van der Waals surface area (Å²) in [5, 5.41) is 5.75. The van der Waals surface area contributed by atoms with Crippen LogP contribution in [0.4, 0.5) is 11.4 Å². The maximum absolute atomic E-state index is 12.8. The number of carbonyl (C=O) groups is 2. The SMILES string of the molecule is CCCC(C(=O)Nc1ccc2c(c1)NC(=O)C(C)O2)c1ccccc1. The second-order valence-corrected chi connectivity index (χ2v) is 6.20. The van der Waals surface area contributed by atoms with E-state index in [1.807, 2.05) is 30.3 Å². The third kappa shape index (κ3) is 3.82. The van der Waals surface area contributed by atoms with E-state index in [4.69, 9.17) is 4.74 Å². The summed E-state index contributed by atoms with van der Waals surface area (Å²) in [5.74, 6) is 0.167. The van der Waals surface area contributed by atoms with Gasteiger partial charge in [0.2, 0.25) is 5.91 Å². The second kappa shape index (κ2) is 7.38. The minimum Gasteiger partial charge on any atom is -0.479 e. The fourth-order valence-electron chi connectivity index (χ4n) is 2.94. The molecule has 0 saturated carbocycles. The molecule has 2 aromatic carbocycles. The zero-order chi connectivity index (χ0) is 17.8. The van der Waals surface area contributed by atoms with Crippen molar-refractivity contribution in [2.75, 3.05) is 10.6 Å². The van der Waals surface area contributed by atoms with Crippen LogP contribution in [0.3, 0.4) is 0 Å². The van der Waals surface area contributed by atoms with E-state index in [1.54, 1.807) is 25.1 Å². The van der Waals surface area contributed by atoms with E-state index < -0.39 is 6.10 Å². The topological polar surface area (TPSA) is 67.4 Å². The van der Waals surface area contributed by atoms with Crippen molar-refractivity contribution in [3.8, 4) is 5.75 Å². The van der Waals surface area contributed by atoms with Crippen molar-refractivity contribution in [1.82, 2.24) is 0 Å². The van der Waals surface area contributed by atoms with Crippen LogP contribution in [-0.4, -0.2) is 17.9 Å². The minimum absolute atomic E-state index is 0.0515. The van der Waals surface area contributed by atoms with Crippen molar-refractivity contribution >= 4 is 23.2 Å². The Balaban J connectivity index is 1.78. The molecule has 0 fully saturated rings. The fraction of sp³-hybridized carbons (Fsp3) is 0.300. The molecule has 0 spiro atoms. The number of ether oxygens (including phenoxy) is 1. The number of fused-ring (bicyclic) bond motifs is 1. The van der Waals surface area contributed by atoms with Crippen molar-refractivity contribution in [2.45, 2.75) is 38.7 Å². The average Bonchev–Trinajstić information content (AvgIpc) is 2.61. The first kappa shape index (κ1) is 17.0. The summed E-state index contributed by atoms with van der Waals surface area (Å²) >= 11 is 0. The van der Waals surface area contributed by atoms with Crippen LogP contribution in [0.5, 0.6) is 5.75 Å². The molecule has 0 bridgehead atoms. The zero-order valence-electron chi connectivity index (χ0n) is 14.4. The highest BCUT2D eigenvalue weighted by Gasteiger charge is 2.24. The van der Waals surface area contributed by atoms with Crippen molar-refractivity contribution in [2.24, 2.45) is 0 Å². The molecule has 2 amide bonds. The van der Waals surface area contributed by atoms with Gasteiger partial charge in [-0.2, -0.15) is 0 Å². The van der Waals surface area contributed by atoms with E-state index in [0.717, 1.165) is 18.4 Å². The van der Waals surface area contributed by atoms with Gasteiger partial charge in [0, 0.05) is 5.69 Å². The lowest BCUT2D eigenvalue weighted by Gasteiger charge is -2.24. The van der Waals surface area contributed by atoms with E-state index in [1.165, 1.54) is 0 Å². The average molecular weight is 338 g/mol. The Labute approximate surface area is 147 Å². The van der Waals surface area contributed by atoms with Gasteiger partial charge in [0.15, 0.2) is 6.10 Å². The molecule has 1 aliphatic heterocycles. The summed E-state index contributed by atoms with van der Waals surface area (Å²) in [5.41, 5.74) is 2.22. The Kier molecular flexibility index (Phi) is 5.03. The van der Waals surface area contributed by atoms with Crippen LogP contribution in [0.15, 0.2) is 48.5 Å². The van der Waals surface area contributed by atoms with Crippen molar-refractivity contribution in [3.05, 3.63) is 54.1 Å². The van der Waals surface area contributed by atoms with Gasteiger partial charge in [-0.05, 0) is 37.1 Å². The zero-order valence-corrected chi connectivity index (χ0v) is 14.4. The van der Waals surface area contributed by atoms with Gasteiger partial charge in [0.25, 0.3) is 5.91 Å². The number of benzene rings is 2. The van der Waals surface area contributed by atoms with Crippen LogP contribution in [-0.2, 0) is 9.59 Å². The van der Waals surface area contributed by atoms with Crippen molar-refractivity contribution in [3.63, 3.8) is 0 Å². The molecule has 2 aromatic rings. The van der Waals surface area contributed by atoms with E-state index >= 15 is 0 Å². The Morgan fingerprint density at radius 3 is 2.72 bits per heavy atom. The largest absolute Gasteiger partial charge is 0.479 e. The van der Waals surface area contributed by atoms with Gasteiger partial charge < -0.3 is 15.4 Å². The minimum atomic E-state index is -0.514. The predicted molar refractivity (Wildman–Crippen MR) is 97.9 cm³/mol. The molecule has 5 nitrogen and oxygen atoms in total. The lowest BCUT2D eigenvalue weighted by molar-refractivity contribution is -0.122. The summed E-state index contributed by atoms with van der Waals surface area (Å²) in [6.45, 7) is 3.76. The molecule has 0 saturated heterocycles. The molecule has 25 heavy (non-hydrogen) atoms. The summed E-state index contributed by atoms with van der Waals surface area (Å²) in [6, 6.07) is 15.1. The third-order valence-corrected chi connectivity index (χ3v) is 4.27. The summed E-state index contributed by atoms with van der Waals surface area (Å²) < 4.78 is 5.53. The maximum atomic E-state index is 12.8. The highest BCUT2D eigenvalue weighted by Crippen LogP contribution is 2.33. The Morgan fingerprint density at radius 1 is 1.24 bits per heavy atom. The fourth-order valence-corrected chi connectivity index (χ4v) is 2.94. The molecular weight excluding hydrogens is 316 g/mol. The number of nitrogens with one attached hydrogen (secondary N) is 2. The molecular formula is C20H22N2O3. The van der Waals surface area contributed by atoms with E-state index in [-0.39, 0.29) is 17.7 Å². The number of carbonyl (C=O) groups excluding carboxylic acids is 2. The standard InChI is InChI=1S/C20H22N2O3/c1-3-7-16(14-8-5-4-6-9-14)20(24)21-15-10-11-18-17(12-15)22-19(23)13(2)25-18/h4-6,8-13,16H,3,7H2,1-2H3,(H,21,24)(H,22,23). The lowest BCUT2D eigenvalue weighted by atomic mass is 9.93. The summed E-state index contributed by atoms with van der Waals surface area (Å²) in [4.78, 5) is 24.5. The summed E-state index contributed by atoms with van der Waals surface area (Å²) in [6.07, 6.45) is 1.18. The first-order valence-corrected chi connectivity index (χ1v) is 8.56. The van der Waals surface area contributed by atoms with Crippen LogP contribution >= 0.6 is 0 Å². The van der Waals surface area contributed by atoms with Gasteiger partial charge in [-0.3, -0.25) is 9.59 Å². The Hall–Kier alpha value is -2.82. The predicted octanol–water partition coefficient (Wildman–Crippen LogP) is 3.93. The highest BCUT2D eigenvalue weighted by molar-refractivity contribution is 6.00. The molecule has 2 unspecified atom stereocenters. The number of anilines is 2. The van der Waals surface area contributed by atoms with Gasteiger partial charge in [0.05, 0.1) is 11.6 Å². The van der Waals surface area contributed by atoms with Gasteiger partial charge in [-0.15, -0.1) is 0 Å². The number of hydrogen-bond donors (Lipinski definition) is 2. The van der Waals surface area contributed by atoms with E-state index in [0.29, 0.717) is 17.1 Å². The number of rotatable bonds is 5. The Morgan fingerprint density at radius 2 is 2.00 bits per heavy atom. The molecule has 5 heteroatoms. The van der Waals surface area contributed by atoms with Crippen molar-refractivity contribution in [1.29, 1.82) is 0 Å². The molecule has 2 atom stereocenters. The highest BCUT2D eigenvalue weighted by atomic mass is 16.5. The molecule has 0 aliphatic carbocycles. The van der Waals surface area contributed by atoms with Crippen LogP contribution in [0.1, 0.15) is 38.2 Å². The normalized spacial score (nSPS) is 17.0.